The summed E-state index contributed by atoms with van der Waals surface area (Å²) >= 11 is 6.05. The van der Waals surface area contributed by atoms with Crippen LogP contribution in [0.15, 0.2) is 18.2 Å². The molecule has 3 nitrogen and oxygen atoms in total. The molecule has 19 heavy (non-hydrogen) atoms. The van der Waals surface area contributed by atoms with Gasteiger partial charge in [0.2, 0.25) is 0 Å². The van der Waals surface area contributed by atoms with Crippen molar-refractivity contribution in [1.29, 1.82) is 0 Å². The van der Waals surface area contributed by atoms with E-state index >= 15 is 0 Å². The Morgan fingerprint density at radius 2 is 2.05 bits per heavy atom. The van der Waals surface area contributed by atoms with Gasteiger partial charge in [-0.3, -0.25) is 4.79 Å². The van der Waals surface area contributed by atoms with Crippen molar-refractivity contribution in [2.24, 2.45) is 11.8 Å². The van der Waals surface area contributed by atoms with Crippen LogP contribution in [-0.2, 0) is 0 Å². The predicted molar refractivity (Wildman–Crippen MR) is 79.3 cm³/mol. The van der Waals surface area contributed by atoms with Crippen LogP contribution in [0.5, 0.6) is 0 Å². The first-order valence-corrected chi connectivity index (χ1v) is 7.21. The Labute approximate surface area is 119 Å². The summed E-state index contributed by atoms with van der Waals surface area (Å²) < 4.78 is 0. The minimum Gasteiger partial charge on any atom is -0.398 e. The van der Waals surface area contributed by atoms with E-state index in [9.17, 15) is 4.79 Å². The average Bonchev–Trinajstić information content (AvgIpc) is 2.33. The number of benzene rings is 1. The minimum absolute atomic E-state index is 0.158. The highest BCUT2D eigenvalue weighted by atomic mass is 35.5. The van der Waals surface area contributed by atoms with E-state index in [-0.39, 0.29) is 11.9 Å². The Bertz CT molecular complexity index is 455. The molecule has 1 aliphatic rings. The summed E-state index contributed by atoms with van der Waals surface area (Å²) in [6, 6.07) is 5.37. The number of rotatable bonds is 2. The Hall–Kier alpha value is -1.22. The van der Waals surface area contributed by atoms with Gasteiger partial charge in [-0.15, -0.1) is 0 Å². The largest absolute Gasteiger partial charge is 0.398 e. The van der Waals surface area contributed by atoms with E-state index < -0.39 is 0 Å². The van der Waals surface area contributed by atoms with E-state index in [1.54, 1.807) is 18.2 Å². The molecule has 1 aromatic carbocycles. The Morgan fingerprint density at radius 1 is 1.32 bits per heavy atom. The van der Waals surface area contributed by atoms with Crippen molar-refractivity contribution in [2.45, 2.75) is 39.2 Å². The molecule has 1 fully saturated rings. The quantitative estimate of drug-likeness (QED) is 0.815. The maximum absolute atomic E-state index is 12.3. The molecule has 3 unspecified atom stereocenters. The van der Waals surface area contributed by atoms with E-state index in [0.717, 1.165) is 25.2 Å². The standard InChI is InChI=1S/C15H21ClN2O/c1-9-6-7-11(8-10(9)2)18-15(19)14-12(16)4-3-5-13(14)17/h3-5,9-11H,6-8,17H2,1-2H3,(H,18,19). The van der Waals surface area contributed by atoms with Crippen LogP contribution in [-0.4, -0.2) is 11.9 Å². The van der Waals surface area contributed by atoms with Crippen LogP contribution in [0.2, 0.25) is 5.02 Å². The molecule has 0 saturated heterocycles. The van der Waals surface area contributed by atoms with Crippen molar-refractivity contribution in [3.63, 3.8) is 0 Å². The normalized spacial score (nSPS) is 27.0. The highest BCUT2D eigenvalue weighted by molar-refractivity contribution is 6.34. The van der Waals surface area contributed by atoms with Crippen LogP contribution >= 0.6 is 11.6 Å². The van der Waals surface area contributed by atoms with Crippen LogP contribution in [0.1, 0.15) is 43.5 Å². The van der Waals surface area contributed by atoms with Crippen LogP contribution in [0.4, 0.5) is 5.69 Å². The Kier molecular flexibility index (Phi) is 4.35. The monoisotopic (exact) mass is 280 g/mol. The molecule has 3 atom stereocenters. The van der Waals surface area contributed by atoms with E-state index in [0.29, 0.717) is 22.2 Å². The van der Waals surface area contributed by atoms with Gasteiger partial charge in [0.1, 0.15) is 0 Å². The van der Waals surface area contributed by atoms with Gasteiger partial charge in [-0.2, -0.15) is 0 Å². The van der Waals surface area contributed by atoms with E-state index in [1.165, 1.54) is 0 Å². The van der Waals surface area contributed by atoms with Gasteiger partial charge in [0.05, 0.1) is 10.6 Å². The molecule has 0 aliphatic heterocycles. The molecule has 0 spiro atoms. The molecular weight excluding hydrogens is 260 g/mol. The summed E-state index contributed by atoms with van der Waals surface area (Å²) in [6.45, 7) is 4.52. The fourth-order valence-corrected chi connectivity index (χ4v) is 2.98. The Morgan fingerprint density at radius 3 is 2.68 bits per heavy atom. The van der Waals surface area contributed by atoms with Gasteiger partial charge in [-0.25, -0.2) is 0 Å². The number of nitrogens with one attached hydrogen (secondary N) is 1. The number of carbonyl (C=O) groups is 1. The van der Waals surface area contributed by atoms with Crippen LogP contribution in [0.25, 0.3) is 0 Å². The fraction of sp³-hybridized carbons (Fsp3) is 0.533. The molecule has 1 aliphatic carbocycles. The number of nitrogens with two attached hydrogens (primary N) is 1. The molecule has 1 amide bonds. The molecule has 1 aromatic rings. The first-order valence-electron chi connectivity index (χ1n) is 6.84. The smallest absolute Gasteiger partial charge is 0.255 e. The SMILES string of the molecule is CC1CCC(NC(=O)c2c(N)cccc2Cl)CC1C. The van der Waals surface area contributed by atoms with Crippen molar-refractivity contribution in [3.05, 3.63) is 28.8 Å². The highest BCUT2D eigenvalue weighted by Gasteiger charge is 2.26. The molecule has 2 rings (SSSR count). The van der Waals surface area contributed by atoms with Crippen LogP contribution in [0.3, 0.4) is 0 Å². The highest BCUT2D eigenvalue weighted by Crippen LogP contribution is 2.30. The van der Waals surface area contributed by atoms with Crippen molar-refractivity contribution in [3.8, 4) is 0 Å². The number of amides is 1. The summed E-state index contributed by atoms with van der Waals surface area (Å²) in [6.07, 6.45) is 3.21. The first kappa shape index (κ1) is 14.2. The zero-order valence-electron chi connectivity index (χ0n) is 11.4. The Balaban J connectivity index is 2.06. The minimum atomic E-state index is -0.158. The third kappa shape index (κ3) is 3.21. The van der Waals surface area contributed by atoms with E-state index in [4.69, 9.17) is 17.3 Å². The molecule has 3 N–H and O–H groups in total. The maximum atomic E-state index is 12.3. The van der Waals surface area contributed by atoms with E-state index in [2.05, 4.69) is 19.2 Å². The fourth-order valence-electron chi connectivity index (χ4n) is 2.72. The number of hydrogen-bond acceptors (Lipinski definition) is 2. The first-order chi connectivity index (χ1) is 8.99. The van der Waals surface area contributed by atoms with Crippen molar-refractivity contribution in [1.82, 2.24) is 5.32 Å². The molecule has 0 heterocycles. The topological polar surface area (TPSA) is 55.1 Å². The molecule has 104 valence electrons. The lowest BCUT2D eigenvalue weighted by Crippen LogP contribution is -2.40. The lowest BCUT2D eigenvalue weighted by atomic mass is 9.79. The van der Waals surface area contributed by atoms with Crippen molar-refractivity contribution >= 4 is 23.2 Å². The molecular formula is C15H21ClN2O. The zero-order chi connectivity index (χ0) is 14.0. The molecule has 0 bridgehead atoms. The number of hydrogen-bond donors (Lipinski definition) is 2. The third-order valence-electron chi connectivity index (χ3n) is 4.21. The second kappa shape index (κ2) is 5.83. The summed E-state index contributed by atoms with van der Waals surface area (Å²) in [5.74, 6) is 1.22. The van der Waals surface area contributed by atoms with Crippen molar-refractivity contribution < 1.29 is 4.79 Å². The number of anilines is 1. The van der Waals surface area contributed by atoms with Gasteiger partial charge in [0.15, 0.2) is 0 Å². The average molecular weight is 281 g/mol. The predicted octanol–water partition coefficient (Wildman–Crippen LogP) is 3.48. The second-order valence-electron chi connectivity index (χ2n) is 5.64. The number of carbonyl (C=O) groups excluding carboxylic acids is 1. The lowest BCUT2D eigenvalue weighted by molar-refractivity contribution is 0.0911. The van der Waals surface area contributed by atoms with E-state index in [1.807, 2.05) is 0 Å². The summed E-state index contributed by atoms with van der Waals surface area (Å²) in [5.41, 5.74) is 6.66. The lowest BCUT2D eigenvalue weighted by Gasteiger charge is -2.32. The van der Waals surface area contributed by atoms with Gasteiger partial charge in [0, 0.05) is 11.7 Å². The summed E-state index contributed by atoms with van der Waals surface area (Å²) in [4.78, 5) is 12.3. The number of halogens is 1. The van der Waals surface area contributed by atoms with Crippen LogP contribution in [0, 0.1) is 11.8 Å². The van der Waals surface area contributed by atoms with Crippen molar-refractivity contribution in [2.75, 3.05) is 5.73 Å². The second-order valence-corrected chi connectivity index (χ2v) is 6.05. The van der Waals surface area contributed by atoms with Gasteiger partial charge >= 0.3 is 0 Å². The molecule has 0 radical (unpaired) electrons. The molecule has 0 aromatic heterocycles. The third-order valence-corrected chi connectivity index (χ3v) is 4.52. The molecule has 1 saturated carbocycles. The van der Waals surface area contributed by atoms with Gasteiger partial charge in [-0.05, 0) is 43.2 Å². The van der Waals surface area contributed by atoms with Crippen LogP contribution < -0.4 is 11.1 Å². The number of nitrogen functional groups attached to an aromatic ring is 1. The summed E-state index contributed by atoms with van der Waals surface area (Å²) in [5, 5.41) is 3.48. The van der Waals surface area contributed by atoms with Gasteiger partial charge in [0.25, 0.3) is 5.91 Å². The van der Waals surface area contributed by atoms with Gasteiger partial charge in [-0.1, -0.05) is 31.5 Å². The zero-order valence-corrected chi connectivity index (χ0v) is 12.2. The summed E-state index contributed by atoms with van der Waals surface area (Å²) in [7, 11) is 0. The molecule has 4 heteroatoms. The maximum Gasteiger partial charge on any atom is 0.255 e. The van der Waals surface area contributed by atoms with Gasteiger partial charge < -0.3 is 11.1 Å².